The molecule has 0 aliphatic heterocycles. The Hall–Kier alpha value is -0.380. The van der Waals surface area contributed by atoms with Crippen LogP contribution in [0.5, 0.6) is 0 Å². The minimum Gasteiger partial charge on any atom is -0.271 e. The molecule has 17 heavy (non-hydrogen) atoms. The van der Waals surface area contributed by atoms with Crippen LogP contribution in [0.2, 0.25) is 0 Å². The summed E-state index contributed by atoms with van der Waals surface area (Å²) in [6, 6.07) is 2.69. The van der Waals surface area contributed by atoms with Crippen LogP contribution in [-0.2, 0) is 6.42 Å². The molecule has 0 aromatic carbocycles. The van der Waals surface area contributed by atoms with E-state index in [0.717, 1.165) is 18.8 Å². The largest absolute Gasteiger partial charge is 0.271 e. The lowest BCUT2D eigenvalue weighted by Gasteiger charge is -2.33. The highest BCUT2D eigenvalue weighted by atomic mass is 32.1. The van der Waals surface area contributed by atoms with Crippen LogP contribution in [0.15, 0.2) is 16.8 Å². The summed E-state index contributed by atoms with van der Waals surface area (Å²) in [5, 5.41) is 4.40. The maximum absolute atomic E-state index is 5.77. The number of hydrazine groups is 1. The summed E-state index contributed by atoms with van der Waals surface area (Å²) >= 11 is 1.78. The molecule has 2 rings (SSSR count). The Morgan fingerprint density at radius 3 is 2.94 bits per heavy atom. The van der Waals surface area contributed by atoms with Gasteiger partial charge in [0, 0.05) is 6.04 Å². The standard InChI is InChI=1S/C14H24N2S/c1-14(2)8-3-4-12(14)13(16-15)6-5-11-7-9-17-10-11/h7,9-10,12-13,16H,3-6,8,15H2,1-2H3. The third kappa shape index (κ3) is 3.09. The molecule has 0 saturated heterocycles. The molecular weight excluding hydrogens is 228 g/mol. The third-order valence-electron chi connectivity index (χ3n) is 4.36. The fourth-order valence-corrected chi connectivity index (χ4v) is 3.96. The van der Waals surface area contributed by atoms with Gasteiger partial charge in [0.1, 0.15) is 0 Å². The van der Waals surface area contributed by atoms with Gasteiger partial charge in [0.25, 0.3) is 0 Å². The second kappa shape index (κ2) is 5.51. The zero-order chi connectivity index (χ0) is 12.3. The lowest BCUT2D eigenvalue weighted by atomic mass is 9.76. The smallest absolute Gasteiger partial charge is 0.0247 e. The number of nitrogens with two attached hydrogens (primary N) is 1. The Labute approximate surface area is 109 Å². The predicted molar refractivity (Wildman–Crippen MR) is 74.9 cm³/mol. The molecule has 3 heteroatoms. The minimum absolute atomic E-state index is 0.450. The zero-order valence-electron chi connectivity index (χ0n) is 10.9. The Balaban J connectivity index is 1.92. The van der Waals surface area contributed by atoms with E-state index < -0.39 is 0 Å². The summed E-state index contributed by atoms with van der Waals surface area (Å²) in [7, 11) is 0. The first-order chi connectivity index (χ1) is 8.13. The summed E-state index contributed by atoms with van der Waals surface area (Å²) in [5.74, 6) is 6.49. The number of hydrogen-bond acceptors (Lipinski definition) is 3. The second-order valence-corrected chi connectivity index (χ2v) is 6.71. The van der Waals surface area contributed by atoms with Gasteiger partial charge in [-0.15, -0.1) is 0 Å². The number of rotatable bonds is 5. The van der Waals surface area contributed by atoms with Crippen LogP contribution >= 0.6 is 11.3 Å². The molecule has 2 unspecified atom stereocenters. The monoisotopic (exact) mass is 252 g/mol. The number of aryl methyl sites for hydroxylation is 1. The molecule has 1 aromatic heterocycles. The molecule has 0 amide bonds. The van der Waals surface area contributed by atoms with Crippen LogP contribution in [0.25, 0.3) is 0 Å². The van der Waals surface area contributed by atoms with E-state index in [1.54, 1.807) is 11.3 Å². The highest BCUT2D eigenvalue weighted by Gasteiger charge is 2.38. The topological polar surface area (TPSA) is 38.0 Å². The maximum atomic E-state index is 5.77. The van der Waals surface area contributed by atoms with Gasteiger partial charge in [0.05, 0.1) is 0 Å². The van der Waals surface area contributed by atoms with Gasteiger partial charge in [-0.2, -0.15) is 11.3 Å². The number of thiophene rings is 1. The van der Waals surface area contributed by atoms with Crippen LogP contribution in [0.1, 0.15) is 45.1 Å². The highest BCUT2D eigenvalue weighted by molar-refractivity contribution is 7.07. The average molecular weight is 252 g/mol. The molecule has 96 valence electrons. The first kappa shape index (κ1) is 13.1. The summed E-state index contributed by atoms with van der Waals surface area (Å²) < 4.78 is 0. The molecule has 1 fully saturated rings. The van der Waals surface area contributed by atoms with Crippen molar-refractivity contribution in [2.75, 3.05) is 0 Å². The minimum atomic E-state index is 0.450. The van der Waals surface area contributed by atoms with Crippen LogP contribution in [0.3, 0.4) is 0 Å². The van der Waals surface area contributed by atoms with E-state index in [1.807, 2.05) is 0 Å². The molecule has 2 atom stereocenters. The van der Waals surface area contributed by atoms with E-state index in [0.29, 0.717) is 11.5 Å². The molecule has 3 N–H and O–H groups in total. The number of nitrogens with one attached hydrogen (secondary N) is 1. The summed E-state index contributed by atoms with van der Waals surface area (Å²) in [5.41, 5.74) is 4.97. The van der Waals surface area contributed by atoms with Gasteiger partial charge >= 0.3 is 0 Å². The van der Waals surface area contributed by atoms with Crippen molar-refractivity contribution in [2.45, 2.75) is 52.0 Å². The van der Waals surface area contributed by atoms with E-state index >= 15 is 0 Å². The van der Waals surface area contributed by atoms with E-state index in [2.05, 4.69) is 36.1 Å². The normalized spacial score (nSPS) is 25.0. The van der Waals surface area contributed by atoms with E-state index in [-0.39, 0.29) is 0 Å². The molecule has 0 spiro atoms. The predicted octanol–water partition coefficient (Wildman–Crippen LogP) is 3.34. The van der Waals surface area contributed by atoms with Crippen molar-refractivity contribution in [2.24, 2.45) is 17.2 Å². The average Bonchev–Trinajstić information content (AvgIpc) is 2.90. The van der Waals surface area contributed by atoms with Gasteiger partial charge in [-0.1, -0.05) is 20.3 Å². The summed E-state index contributed by atoms with van der Waals surface area (Å²) in [4.78, 5) is 0. The molecule has 1 saturated carbocycles. The quantitative estimate of drug-likeness (QED) is 0.623. The summed E-state index contributed by atoms with van der Waals surface area (Å²) in [6.07, 6.45) is 6.32. The molecule has 1 aliphatic carbocycles. The molecule has 2 nitrogen and oxygen atoms in total. The third-order valence-corrected chi connectivity index (χ3v) is 5.10. The lowest BCUT2D eigenvalue weighted by Crippen LogP contribution is -2.44. The first-order valence-corrected chi connectivity index (χ1v) is 7.55. The van der Waals surface area contributed by atoms with E-state index in [9.17, 15) is 0 Å². The van der Waals surface area contributed by atoms with Gasteiger partial charge < -0.3 is 0 Å². The van der Waals surface area contributed by atoms with E-state index in [1.165, 1.54) is 24.8 Å². The maximum Gasteiger partial charge on any atom is 0.0247 e. The SMILES string of the molecule is CC1(C)CCCC1C(CCc1ccsc1)NN. The Kier molecular flexibility index (Phi) is 4.23. The van der Waals surface area contributed by atoms with Gasteiger partial charge in [-0.3, -0.25) is 11.3 Å². The highest BCUT2D eigenvalue weighted by Crippen LogP contribution is 2.45. The van der Waals surface area contributed by atoms with Crippen LogP contribution in [0.4, 0.5) is 0 Å². The molecule has 1 aromatic rings. The van der Waals surface area contributed by atoms with Crippen molar-refractivity contribution >= 4 is 11.3 Å². The van der Waals surface area contributed by atoms with Crippen molar-refractivity contribution in [3.8, 4) is 0 Å². The molecule has 1 heterocycles. The van der Waals surface area contributed by atoms with Crippen molar-refractivity contribution in [3.63, 3.8) is 0 Å². The second-order valence-electron chi connectivity index (χ2n) is 5.93. The van der Waals surface area contributed by atoms with Gasteiger partial charge in [0.2, 0.25) is 0 Å². The fraction of sp³-hybridized carbons (Fsp3) is 0.714. The molecule has 1 aliphatic rings. The van der Waals surface area contributed by atoms with Crippen molar-refractivity contribution < 1.29 is 0 Å². The van der Waals surface area contributed by atoms with Crippen LogP contribution in [-0.4, -0.2) is 6.04 Å². The Bertz CT molecular complexity index is 332. The van der Waals surface area contributed by atoms with Gasteiger partial charge in [-0.25, -0.2) is 0 Å². The fourth-order valence-electron chi connectivity index (χ4n) is 3.26. The Morgan fingerprint density at radius 2 is 2.41 bits per heavy atom. The van der Waals surface area contributed by atoms with Gasteiger partial charge in [0.15, 0.2) is 0 Å². The number of hydrogen-bond donors (Lipinski definition) is 2. The van der Waals surface area contributed by atoms with E-state index in [4.69, 9.17) is 5.84 Å². The van der Waals surface area contributed by atoms with Crippen molar-refractivity contribution in [1.29, 1.82) is 0 Å². The molecule has 0 bridgehead atoms. The van der Waals surface area contributed by atoms with Gasteiger partial charge in [-0.05, 0) is 59.4 Å². The van der Waals surface area contributed by atoms with Crippen molar-refractivity contribution in [1.82, 2.24) is 5.43 Å². The molecular formula is C14H24N2S. The first-order valence-electron chi connectivity index (χ1n) is 6.61. The Morgan fingerprint density at radius 1 is 1.59 bits per heavy atom. The van der Waals surface area contributed by atoms with Crippen LogP contribution in [0, 0.1) is 11.3 Å². The lowest BCUT2D eigenvalue weighted by molar-refractivity contribution is 0.190. The van der Waals surface area contributed by atoms with Crippen molar-refractivity contribution in [3.05, 3.63) is 22.4 Å². The summed E-state index contributed by atoms with van der Waals surface area (Å²) in [6.45, 7) is 4.78. The van der Waals surface area contributed by atoms with Crippen LogP contribution < -0.4 is 11.3 Å². The zero-order valence-corrected chi connectivity index (χ0v) is 11.7. The molecule has 0 radical (unpaired) electrons.